The Balaban J connectivity index is 2.11. The molecule has 1 atom stereocenters. The van der Waals surface area contributed by atoms with Crippen molar-refractivity contribution in [2.45, 2.75) is 37.4 Å². The number of benzene rings is 1. The fourth-order valence-corrected chi connectivity index (χ4v) is 4.12. The van der Waals surface area contributed by atoms with Gasteiger partial charge in [-0.3, -0.25) is 0 Å². The van der Waals surface area contributed by atoms with Gasteiger partial charge in [-0.2, -0.15) is 0 Å². The van der Waals surface area contributed by atoms with Crippen LogP contribution in [0.15, 0.2) is 39.9 Å². The molecule has 0 saturated heterocycles. The number of thioether (sulfide) groups is 1. The van der Waals surface area contributed by atoms with Gasteiger partial charge in [-0.25, -0.2) is 0 Å². The van der Waals surface area contributed by atoms with Crippen molar-refractivity contribution in [1.82, 2.24) is 5.32 Å². The molecule has 0 radical (unpaired) electrons. The Morgan fingerprint density at radius 3 is 2.80 bits per heavy atom. The van der Waals surface area contributed by atoms with Crippen LogP contribution in [0.1, 0.15) is 36.1 Å². The molecule has 0 aliphatic carbocycles. The normalized spacial score (nSPS) is 12.6. The van der Waals surface area contributed by atoms with Gasteiger partial charge in [0.05, 0.1) is 4.21 Å². The summed E-state index contributed by atoms with van der Waals surface area (Å²) in [6, 6.07) is 11.5. The third-order valence-electron chi connectivity index (χ3n) is 3.34. The Morgan fingerprint density at radius 1 is 1.25 bits per heavy atom. The second-order valence-corrected chi connectivity index (χ2v) is 7.38. The third-order valence-corrected chi connectivity index (χ3v) is 5.56. The van der Waals surface area contributed by atoms with Crippen molar-refractivity contribution in [3.05, 3.63) is 52.4 Å². The lowest BCUT2D eigenvalue weighted by atomic mass is 10.00. The molecule has 0 amide bonds. The van der Waals surface area contributed by atoms with Crippen LogP contribution in [0.5, 0.6) is 0 Å². The van der Waals surface area contributed by atoms with Crippen LogP contribution in [0.3, 0.4) is 0 Å². The lowest BCUT2D eigenvalue weighted by Gasteiger charge is -2.21. The van der Waals surface area contributed by atoms with Crippen LogP contribution < -0.4 is 5.32 Å². The summed E-state index contributed by atoms with van der Waals surface area (Å²) in [6.07, 6.45) is 1.17. The van der Waals surface area contributed by atoms with E-state index in [2.05, 4.69) is 61.8 Å². The van der Waals surface area contributed by atoms with Crippen molar-refractivity contribution >= 4 is 23.1 Å². The van der Waals surface area contributed by atoms with Crippen molar-refractivity contribution in [3.8, 4) is 0 Å². The number of thiophene rings is 1. The van der Waals surface area contributed by atoms with Crippen molar-refractivity contribution in [1.29, 1.82) is 0 Å². The second-order valence-electron chi connectivity index (χ2n) is 5.11. The maximum Gasteiger partial charge on any atom is 0.0599 e. The first-order valence-electron chi connectivity index (χ1n) is 7.17. The molecule has 1 nitrogen and oxygen atoms in total. The predicted molar refractivity (Wildman–Crippen MR) is 92.0 cm³/mol. The summed E-state index contributed by atoms with van der Waals surface area (Å²) in [4.78, 5) is 0. The van der Waals surface area contributed by atoms with Crippen LogP contribution in [-0.2, 0) is 0 Å². The molecule has 0 aliphatic heterocycles. The number of aryl methyl sites for hydroxylation is 2. The fraction of sp³-hybridized carbons (Fsp3) is 0.412. The molecule has 0 bridgehead atoms. The number of hydrogen-bond acceptors (Lipinski definition) is 3. The lowest BCUT2D eigenvalue weighted by molar-refractivity contribution is 0.575. The van der Waals surface area contributed by atoms with E-state index < -0.39 is 0 Å². The van der Waals surface area contributed by atoms with E-state index in [1.54, 1.807) is 0 Å². The molecule has 0 spiro atoms. The first-order chi connectivity index (χ1) is 9.70. The SMILES string of the molecule is CCCNC(CSc1cccs1)c1cc(C)ccc1C. The summed E-state index contributed by atoms with van der Waals surface area (Å²) in [5, 5.41) is 5.85. The Morgan fingerprint density at radius 2 is 2.10 bits per heavy atom. The monoisotopic (exact) mass is 305 g/mol. The van der Waals surface area contributed by atoms with Crippen LogP contribution in [-0.4, -0.2) is 12.3 Å². The zero-order chi connectivity index (χ0) is 14.4. The first kappa shape index (κ1) is 15.6. The number of rotatable bonds is 7. The Bertz CT molecular complexity index is 520. The summed E-state index contributed by atoms with van der Waals surface area (Å²) in [5.74, 6) is 1.09. The van der Waals surface area contributed by atoms with E-state index in [1.165, 1.54) is 27.3 Å². The molecule has 108 valence electrons. The number of nitrogens with one attached hydrogen (secondary N) is 1. The molecule has 0 fully saturated rings. The van der Waals surface area contributed by atoms with Gasteiger partial charge in [0, 0.05) is 11.8 Å². The van der Waals surface area contributed by atoms with Gasteiger partial charge in [-0.15, -0.1) is 23.1 Å². The molecular weight excluding hydrogens is 282 g/mol. The van der Waals surface area contributed by atoms with Crippen molar-refractivity contribution < 1.29 is 0 Å². The van der Waals surface area contributed by atoms with Crippen LogP contribution in [0.25, 0.3) is 0 Å². The lowest BCUT2D eigenvalue weighted by Crippen LogP contribution is -2.24. The highest BCUT2D eigenvalue weighted by Crippen LogP contribution is 2.29. The Kier molecular flexibility index (Phi) is 6.14. The van der Waals surface area contributed by atoms with Gasteiger partial charge < -0.3 is 5.32 Å². The predicted octanol–water partition coefficient (Wildman–Crippen LogP) is 5.20. The molecule has 2 rings (SSSR count). The zero-order valence-electron chi connectivity index (χ0n) is 12.5. The highest BCUT2D eigenvalue weighted by molar-refractivity contribution is 8.01. The smallest absolute Gasteiger partial charge is 0.0599 e. The summed E-state index contributed by atoms with van der Waals surface area (Å²) in [7, 11) is 0. The molecule has 0 saturated carbocycles. The summed E-state index contributed by atoms with van der Waals surface area (Å²) in [6.45, 7) is 7.68. The molecular formula is C17H23NS2. The first-order valence-corrected chi connectivity index (χ1v) is 9.04. The molecule has 1 N–H and O–H groups in total. The maximum absolute atomic E-state index is 3.70. The molecule has 3 heteroatoms. The minimum absolute atomic E-state index is 0.432. The zero-order valence-corrected chi connectivity index (χ0v) is 14.1. The van der Waals surface area contributed by atoms with E-state index >= 15 is 0 Å². The fourth-order valence-electron chi connectivity index (χ4n) is 2.22. The van der Waals surface area contributed by atoms with Crippen LogP contribution in [0.2, 0.25) is 0 Å². The summed E-state index contributed by atoms with van der Waals surface area (Å²) < 4.78 is 1.40. The van der Waals surface area contributed by atoms with Crippen LogP contribution in [0.4, 0.5) is 0 Å². The minimum Gasteiger partial charge on any atom is -0.309 e. The molecule has 1 heterocycles. The van der Waals surface area contributed by atoms with Crippen LogP contribution in [0, 0.1) is 13.8 Å². The van der Waals surface area contributed by atoms with Crippen molar-refractivity contribution in [2.75, 3.05) is 12.3 Å². The molecule has 2 aromatic rings. The van der Waals surface area contributed by atoms with Gasteiger partial charge in [0.15, 0.2) is 0 Å². The summed E-state index contributed by atoms with van der Waals surface area (Å²) in [5.41, 5.74) is 4.17. The molecule has 1 aromatic carbocycles. The van der Waals surface area contributed by atoms with Gasteiger partial charge >= 0.3 is 0 Å². The van der Waals surface area contributed by atoms with Gasteiger partial charge in [0.25, 0.3) is 0 Å². The third kappa shape index (κ3) is 4.37. The highest BCUT2D eigenvalue weighted by atomic mass is 32.2. The minimum atomic E-state index is 0.432. The van der Waals surface area contributed by atoms with E-state index in [0.717, 1.165) is 12.3 Å². The van der Waals surface area contributed by atoms with Gasteiger partial charge in [-0.1, -0.05) is 36.8 Å². The molecule has 0 aliphatic rings. The van der Waals surface area contributed by atoms with Crippen LogP contribution >= 0.6 is 23.1 Å². The highest BCUT2D eigenvalue weighted by Gasteiger charge is 2.14. The topological polar surface area (TPSA) is 12.0 Å². The van der Waals surface area contributed by atoms with E-state index in [-0.39, 0.29) is 0 Å². The molecule has 1 aromatic heterocycles. The van der Waals surface area contributed by atoms with Crippen molar-refractivity contribution in [3.63, 3.8) is 0 Å². The summed E-state index contributed by atoms with van der Waals surface area (Å²) >= 11 is 3.78. The quantitative estimate of drug-likeness (QED) is 0.706. The van der Waals surface area contributed by atoms with Gasteiger partial charge in [-0.05, 0) is 49.4 Å². The Hall–Kier alpha value is -0.770. The van der Waals surface area contributed by atoms with Crippen molar-refractivity contribution in [2.24, 2.45) is 0 Å². The van der Waals surface area contributed by atoms with E-state index in [1.807, 2.05) is 23.1 Å². The van der Waals surface area contributed by atoms with Gasteiger partial charge in [0.2, 0.25) is 0 Å². The van der Waals surface area contributed by atoms with Gasteiger partial charge in [0.1, 0.15) is 0 Å². The second kappa shape index (κ2) is 7.87. The maximum atomic E-state index is 3.70. The molecule has 20 heavy (non-hydrogen) atoms. The van der Waals surface area contributed by atoms with E-state index in [4.69, 9.17) is 0 Å². The number of hydrogen-bond donors (Lipinski definition) is 1. The standard InChI is InChI=1S/C17H23NS2/c1-4-9-18-16(12-20-17-6-5-10-19-17)15-11-13(2)7-8-14(15)3/h5-8,10-11,16,18H,4,9,12H2,1-3H3. The average molecular weight is 306 g/mol. The molecule has 1 unspecified atom stereocenters. The largest absolute Gasteiger partial charge is 0.309 e. The Labute approximate surface area is 130 Å². The van der Waals surface area contributed by atoms with E-state index in [9.17, 15) is 0 Å². The van der Waals surface area contributed by atoms with E-state index in [0.29, 0.717) is 6.04 Å². The average Bonchev–Trinajstić information content (AvgIpc) is 2.95.